The van der Waals surface area contributed by atoms with E-state index in [1.807, 2.05) is 0 Å². The SMILES string of the molecule is Cc1c(CN)cc(Cl)cc1S(=O)(=O)NCC(F)(F)C(F)F. The van der Waals surface area contributed by atoms with Crippen LogP contribution in [0.5, 0.6) is 0 Å². The molecule has 0 saturated heterocycles. The van der Waals surface area contributed by atoms with Gasteiger partial charge in [0, 0.05) is 11.6 Å². The maximum atomic E-state index is 12.8. The predicted octanol–water partition coefficient (Wildman–Crippen LogP) is 2.29. The Balaban J connectivity index is 3.12. The number of sulfonamides is 1. The molecule has 0 heterocycles. The van der Waals surface area contributed by atoms with Gasteiger partial charge in [-0.3, -0.25) is 0 Å². The molecule has 0 aromatic heterocycles. The Kier molecular flexibility index (Phi) is 5.59. The van der Waals surface area contributed by atoms with Crippen LogP contribution >= 0.6 is 11.6 Å². The van der Waals surface area contributed by atoms with E-state index in [0.29, 0.717) is 5.56 Å². The monoisotopic (exact) mass is 348 g/mol. The van der Waals surface area contributed by atoms with E-state index in [0.717, 1.165) is 6.07 Å². The number of hydrogen-bond acceptors (Lipinski definition) is 3. The van der Waals surface area contributed by atoms with Gasteiger partial charge in [-0.05, 0) is 30.2 Å². The topological polar surface area (TPSA) is 72.2 Å². The number of halogens is 5. The molecule has 0 atom stereocenters. The van der Waals surface area contributed by atoms with Gasteiger partial charge >= 0.3 is 12.3 Å². The Morgan fingerprint density at radius 3 is 2.43 bits per heavy atom. The lowest BCUT2D eigenvalue weighted by Gasteiger charge is -2.17. The van der Waals surface area contributed by atoms with Crippen LogP contribution in [-0.2, 0) is 16.6 Å². The second-order valence-corrected chi connectivity index (χ2v) is 6.45. The number of alkyl halides is 4. The summed E-state index contributed by atoms with van der Waals surface area (Å²) in [6.07, 6.45) is -3.97. The molecule has 3 N–H and O–H groups in total. The smallest absolute Gasteiger partial charge is 0.320 e. The van der Waals surface area contributed by atoms with E-state index in [9.17, 15) is 26.0 Å². The first-order valence-electron chi connectivity index (χ1n) is 5.66. The van der Waals surface area contributed by atoms with Gasteiger partial charge in [0.25, 0.3) is 0 Å². The minimum atomic E-state index is -4.46. The average Bonchev–Trinajstić information content (AvgIpc) is 2.38. The van der Waals surface area contributed by atoms with Crippen LogP contribution < -0.4 is 10.5 Å². The van der Waals surface area contributed by atoms with Gasteiger partial charge in [0.05, 0.1) is 11.4 Å². The Morgan fingerprint density at radius 2 is 1.95 bits per heavy atom. The maximum absolute atomic E-state index is 12.8. The molecule has 0 aliphatic carbocycles. The summed E-state index contributed by atoms with van der Waals surface area (Å²) in [6, 6.07) is 2.47. The molecule has 1 aromatic rings. The fourth-order valence-electron chi connectivity index (χ4n) is 1.55. The summed E-state index contributed by atoms with van der Waals surface area (Å²) in [6.45, 7) is -0.308. The van der Waals surface area contributed by atoms with Crippen molar-refractivity contribution in [3.63, 3.8) is 0 Å². The summed E-state index contributed by atoms with van der Waals surface area (Å²) in [5.41, 5.74) is 6.04. The summed E-state index contributed by atoms with van der Waals surface area (Å²) in [4.78, 5) is -0.375. The van der Waals surface area contributed by atoms with E-state index in [-0.39, 0.29) is 22.0 Å². The summed E-state index contributed by atoms with van der Waals surface area (Å²) in [5, 5.41) is 0.0436. The molecule has 0 bridgehead atoms. The van der Waals surface area contributed by atoms with Crippen LogP contribution in [0, 0.1) is 6.92 Å². The molecule has 10 heteroatoms. The van der Waals surface area contributed by atoms with Gasteiger partial charge in [-0.2, -0.15) is 8.78 Å². The third-order valence-corrected chi connectivity index (χ3v) is 4.50. The Morgan fingerprint density at radius 1 is 1.38 bits per heavy atom. The molecule has 4 nitrogen and oxygen atoms in total. The Labute approximate surface area is 124 Å². The molecular weight excluding hydrogens is 336 g/mol. The summed E-state index contributed by atoms with van der Waals surface area (Å²) < 4.78 is 75.0. The van der Waals surface area contributed by atoms with E-state index in [2.05, 4.69) is 0 Å². The van der Waals surface area contributed by atoms with Gasteiger partial charge in [-0.1, -0.05) is 11.6 Å². The van der Waals surface area contributed by atoms with E-state index in [1.54, 1.807) is 0 Å². The van der Waals surface area contributed by atoms with Crippen LogP contribution in [0.4, 0.5) is 17.6 Å². The van der Waals surface area contributed by atoms with Gasteiger partial charge in [0.1, 0.15) is 0 Å². The molecular formula is C11H13ClF4N2O2S. The van der Waals surface area contributed by atoms with E-state index < -0.39 is 28.9 Å². The molecule has 0 spiro atoms. The van der Waals surface area contributed by atoms with E-state index in [4.69, 9.17) is 17.3 Å². The lowest BCUT2D eigenvalue weighted by molar-refractivity contribution is -0.122. The minimum Gasteiger partial charge on any atom is -0.326 e. The first-order chi connectivity index (χ1) is 9.51. The highest BCUT2D eigenvalue weighted by Gasteiger charge is 2.41. The number of rotatable bonds is 6. The van der Waals surface area contributed by atoms with Crippen LogP contribution in [0.25, 0.3) is 0 Å². The first-order valence-corrected chi connectivity index (χ1v) is 7.52. The van der Waals surface area contributed by atoms with Crippen molar-refractivity contribution in [3.05, 3.63) is 28.3 Å². The number of nitrogens with two attached hydrogens (primary N) is 1. The van der Waals surface area contributed by atoms with Crippen molar-refractivity contribution < 1.29 is 26.0 Å². The molecule has 0 fully saturated rings. The standard InChI is InChI=1S/C11H13ClF4N2O2S/c1-6-7(4-17)2-8(12)3-9(6)21(19,20)18-5-11(15,16)10(13)14/h2-3,10,18H,4-5,17H2,1H3. The van der Waals surface area contributed by atoms with Gasteiger partial charge in [-0.25, -0.2) is 21.9 Å². The molecule has 0 amide bonds. The van der Waals surface area contributed by atoms with Crippen molar-refractivity contribution in [1.29, 1.82) is 0 Å². The molecule has 0 unspecified atom stereocenters. The molecule has 120 valence electrons. The van der Waals surface area contributed by atoms with Gasteiger partial charge < -0.3 is 5.73 Å². The molecule has 0 aliphatic heterocycles. The normalized spacial score (nSPS) is 13.0. The highest BCUT2D eigenvalue weighted by molar-refractivity contribution is 7.89. The van der Waals surface area contributed by atoms with E-state index >= 15 is 0 Å². The quantitative estimate of drug-likeness (QED) is 0.775. The Bertz CT molecular complexity index is 623. The van der Waals surface area contributed by atoms with Crippen LogP contribution in [0.15, 0.2) is 17.0 Å². The van der Waals surface area contributed by atoms with Crippen molar-refractivity contribution in [2.24, 2.45) is 5.73 Å². The number of nitrogens with one attached hydrogen (secondary N) is 1. The number of hydrogen-bond donors (Lipinski definition) is 2. The second kappa shape index (κ2) is 6.47. The molecule has 0 saturated carbocycles. The molecule has 21 heavy (non-hydrogen) atoms. The van der Waals surface area contributed by atoms with Crippen molar-refractivity contribution in [3.8, 4) is 0 Å². The lowest BCUT2D eigenvalue weighted by atomic mass is 10.1. The molecule has 1 rings (SSSR count). The zero-order valence-corrected chi connectivity index (χ0v) is 12.4. The summed E-state index contributed by atoms with van der Waals surface area (Å²) in [5.74, 6) is -4.46. The second-order valence-electron chi connectivity index (χ2n) is 4.28. The van der Waals surface area contributed by atoms with Crippen LogP contribution in [0.2, 0.25) is 5.02 Å². The van der Waals surface area contributed by atoms with Crippen LogP contribution in [-0.4, -0.2) is 27.3 Å². The van der Waals surface area contributed by atoms with E-state index in [1.165, 1.54) is 17.7 Å². The maximum Gasteiger partial charge on any atom is 0.320 e. The fraction of sp³-hybridized carbons (Fsp3) is 0.455. The highest BCUT2D eigenvalue weighted by atomic mass is 35.5. The van der Waals surface area contributed by atoms with Gasteiger partial charge in [0.15, 0.2) is 0 Å². The lowest BCUT2D eigenvalue weighted by Crippen LogP contribution is -2.41. The number of benzene rings is 1. The van der Waals surface area contributed by atoms with Crippen molar-refractivity contribution in [2.75, 3.05) is 6.54 Å². The molecule has 0 radical (unpaired) electrons. The summed E-state index contributed by atoms with van der Waals surface area (Å²) >= 11 is 5.73. The van der Waals surface area contributed by atoms with Crippen LogP contribution in [0.1, 0.15) is 11.1 Å². The zero-order valence-electron chi connectivity index (χ0n) is 10.8. The zero-order chi connectivity index (χ0) is 16.4. The molecule has 1 aromatic carbocycles. The minimum absolute atomic E-state index is 0.0118. The molecule has 0 aliphatic rings. The fourth-order valence-corrected chi connectivity index (χ4v) is 3.21. The third-order valence-electron chi connectivity index (χ3n) is 2.76. The van der Waals surface area contributed by atoms with Crippen molar-refractivity contribution in [2.45, 2.75) is 30.7 Å². The van der Waals surface area contributed by atoms with Gasteiger partial charge in [-0.15, -0.1) is 0 Å². The Hall–Kier alpha value is -0.900. The first kappa shape index (κ1) is 18.1. The average molecular weight is 349 g/mol. The predicted molar refractivity (Wildman–Crippen MR) is 70.2 cm³/mol. The van der Waals surface area contributed by atoms with Crippen molar-refractivity contribution >= 4 is 21.6 Å². The largest absolute Gasteiger partial charge is 0.326 e. The van der Waals surface area contributed by atoms with Gasteiger partial charge in [0.2, 0.25) is 10.0 Å². The summed E-state index contributed by atoms with van der Waals surface area (Å²) in [7, 11) is -4.42. The van der Waals surface area contributed by atoms with Crippen LogP contribution in [0.3, 0.4) is 0 Å². The third kappa shape index (κ3) is 4.29. The highest BCUT2D eigenvalue weighted by Crippen LogP contribution is 2.26. The van der Waals surface area contributed by atoms with Crippen molar-refractivity contribution in [1.82, 2.24) is 4.72 Å².